The summed E-state index contributed by atoms with van der Waals surface area (Å²) in [7, 11) is 0. The van der Waals surface area contributed by atoms with Crippen LogP contribution >= 0.6 is 0 Å². The quantitative estimate of drug-likeness (QED) is 0.276. The fourth-order valence-corrected chi connectivity index (χ4v) is 3.87. The highest BCUT2D eigenvalue weighted by Crippen LogP contribution is 2.40. The van der Waals surface area contributed by atoms with Gasteiger partial charge in [-0.3, -0.25) is 4.90 Å². The Hall–Kier alpha value is -1.50. The first kappa shape index (κ1) is 25.1. The number of aliphatic hydroxyl groups excluding tert-OH is 2. The summed E-state index contributed by atoms with van der Waals surface area (Å²) in [6, 6.07) is 4.23. The Morgan fingerprint density at radius 3 is 2.38 bits per heavy atom. The van der Waals surface area contributed by atoms with Gasteiger partial charge in [-0.2, -0.15) is 13.2 Å². The number of aliphatic hydroxyl groups is 3. The Morgan fingerprint density at radius 1 is 1.16 bits per heavy atom. The molecule has 32 heavy (non-hydrogen) atoms. The van der Waals surface area contributed by atoms with Crippen molar-refractivity contribution in [2.45, 2.75) is 56.6 Å². The molecule has 1 aromatic carbocycles. The van der Waals surface area contributed by atoms with Crippen LogP contribution in [0.5, 0.6) is 5.75 Å². The molecule has 1 unspecified atom stereocenters. The maximum Gasteiger partial charge on any atom is 0.422 e. The first-order valence-corrected chi connectivity index (χ1v) is 10.6. The monoisotopic (exact) mass is 467 g/mol. The minimum atomic E-state index is -4.60. The largest absolute Gasteiger partial charge is 0.493 e. The number of hydrogen-bond acceptors (Lipinski definition) is 7. The second-order valence-electron chi connectivity index (χ2n) is 8.34. The van der Waals surface area contributed by atoms with Crippen molar-refractivity contribution < 1.29 is 47.1 Å². The van der Waals surface area contributed by atoms with E-state index in [1.54, 1.807) is 6.07 Å². The minimum Gasteiger partial charge on any atom is -0.493 e. The summed E-state index contributed by atoms with van der Waals surface area (Å²) in [6.45, 7) is -0.00270. The molecule has 0 amide bonds. The van der Waals surface area contributed by atoms with Crippen LogP contribution in [-0.4, -0.2) is 77.6 Å². The van der Waals surface area contributed by atoms with Crippen LogP contribution in [0.3, 0.4) is 0 Å². The van der Waals surface area contributed by atoms with Crippen LogP contribution in [-0.2, 0) is 15.9 Å². The molecule has 182 valence electrons. The number of ether oxygens (including phenoxy) is 3. The number of piperidine rings is 1. The Morgan fingerprint density at radius 2 is 1.84 bits per heavy atom. The molecular formula is C21H29F4NO6. The molecule has 0 radical (unpaired) electrons. The van der Waals surface area contributed by atoms with Gasteiger partial charge in [-0.25, -0.2) is 4.39 Å². The molecule has 2 fully saturated rings. The van der Waals surface area contributed by atoms with Gasteiger partial charge in [0.2, 0.25) is 12.0 Å². The Bertz CT molecular complexity index is 735. The maximum absolute atomic E-state index is 13.9. The highest BCUT2D eigenvalue weighted by molar-refractivity contribution is 5.29. The van der Waals surface area contributed by atoms with E-state index in [1.807, 2.05) is 0 Å². The number of hydrogen-bond donors (Lipinski definition) is 3. The zero-order valence-corrected chi connectivity index (χ0v) is 17.6. The third-order valence-corrected chi connectivity index (χ3v) is 5.93. The molecule has 0 bridgehead atoms. The van der Waals surface area contributed by atoms with E-state index in [-0.39, 0.29) is 12.0 Å². The molecule has 1 aromatic rings. The number of likely N-dealkylation sites (tertiary alicyclic amines) is 1. The third-order valence-electron chi connectivity index (χ3n) is 5.93. The van der Waals surface area contributed by atoms with E-state index in [0.717, 1.165) is 12.8 Å². The number of alkyl halides is 3. The molecule has 3 N–H and O–H groups in total. The van der Waals surface area contributed by atoms with Gasteiger partial charge >= 0.3 is 6.18 Å². The fourth-order valence-electron chi connectivity index (χ4n) is 3.87. The molecule has 0 aliphatic carbocycles. The molecule has 2 saturated heterocycles. The van der Waals surface area contributed by atoms with Gasteiger partial charge in [-0.05, 0) is 43.2 Å². The normalized spacial score (nSPS) is 20.9. The van der Waals surface area contributed by atoms with Crippen molar-refractivity contribution >= 4 is 0 Å². The van der Waals surface area contributed by atoms with Gasteiger partial charge in [-0.1, -0.05) is 6.07 Å². The predicted octanol–water partition coefficient (Wildman–Crippen LogP) is 2.17. The highest BCUT2D eigenvalue weighted by atomic mass is 19.4. The smallest absolute Gasteiger partial charge is 0.422 e. The molecule has 0 saturated carbocycles. The SMILES string of the molecule is OC(O)Cc1ccc(OCCCC2CCN(C(O)OC3(C(F)(F)F)COC3)CC2)cc1F. The number of rotatable bonds is 10. The second-order valence-corrected chi connectivity index (χ2v) is 8.34. The number of nitrogens with zero attached hydrogens (tertiary/aromatic N) is 1. The first-order valence-electron chi connectivity index (χ1n) is 10.6. The molecule has 2 heterocycles. The van der Waals surface area contributed by atoms with Gasteiger partial charge in [-0.15, -0.1) is 0 Å². The summed E-state index contributed by atoms with van der Waals surface area (Å²) in [4.78, 5) is 1.49. The van der Waals surface area contributed by atoms with E-state index < -0.39 is 43.5 Å². The second kappa shape index (κ2) is 10.6. The number of halogens is 4. The van der Waals surface area contributed by atoms with E-state index in [1.165, 1.54) is 17.0 Å². The summed E-state index contributed by atoms with van der Waals surface area (Å²) in [5.41, 5.74) is -2.24. The van der Waals surface area contributed by atoms with Gasteiger partial charge in [0.15, 0.2) is 6.29 Å². The summed E-state index contributed by atoms with van der Waals surface area (Å²) in [5, 5.41) is 28.0. The summed E-state index contributed by atoms with van der Waals surface area (Å²) < 4.78 is 68.5. The molecule has 3 rings (SSSR count). The van der Waals surface area contributed by atoms with Crippen LogP contribution in [0.25, 0.3) is 0 Å². The van der Waals surface area contributed by atoms with Gasteiger partial charge in [0, 0.05) is 25.6 Å². The molecule has 0 aromatic heterocycles. The number of benzene rings is 1. The van der Waals surface area contributed by atoms with Crippen LogP contribution in [0, 0.1) is 11.7 Å². The van der Waals surface area contributed by atoms with E-state index in [4.69, 9.17) is 19.7 Å². The third kappa shape index (κ3) is 6.30. The lowest BCUT2D eigenvalue weighted by atomic mass is 9.92. The van der Waals surface area contributed by atoms with E-state index >= 15 is 0 Å². The molecule has 11 heteroatoms. The van der Waals surface area contributed by atoms with Gasteiger partial charge in [0.1, 0.15) is 11.6 Å². The van der Waals surface area contributed by atoms with Crippen LogP contribution < -0.4 is 4.74 Å². The lowest BCUT2D eigenvalue weighted by molar-refractivity contribution is -0.398. The molecule has 0 spiro atoms. The molecule has 7 nitrogen and oxygen atoms in total. The zero-order chi connectivity index (χ0) is 23.4. The maximum atomic E-state index is 13.9. The van der Waals surface area contributed by atoms with Crippen LogP contribution in [0.15, 0.2) is 18.2 Å². The van der Waals surface area contributed by atoms with Crippen molar-refractivity contribution in [2.75, 3.05) is 32.9 Å². The van der Waals surface area contributed by atoms with Gasteiger partial charge in [0.25, 0.3) is 0 Å². The lowest BCUT2D eigenvalue weighted by Crippen LogP contribution is -2.65. The Balaban J connectivity index is 1.35. The Labute approximate surface area is 183 Å². The molecule has 2 aliphatic rings. The van der Waals surface area contributed by atoms with Crippen molar-refractivity contribution in [1.82, 2.24) is 4.90 Å². The summed E-state index contributed by atoms with van der Waals surface area (Å²) in [6.07, 6.45) is -5.07. The van der Waals surface area contributed by atoms with Crippen molar-refractivity contribution in [1.29, 1.82) is 0 Å². The van der Waals surface area contributed by atoms with Gasteiger partial charge < -0.3 is 29.5 Å². The molecular weight excluding hydrogens is 438 g/mol. The van der Waals surface area contributed by atoms with Crippen molar-refractivity contribution in [2.24, 2.45) is 5.92 Å². The average molecular weight is 467 g/mol. The van der Waals surface area contributed by atoms with Crippen molar-refractivity contribution in [3.63, 3.8) is 0 Å². The summed E-state index contributed by atoms with van der Waals surface area (Å²) in [5.74, 6) is 0.132. The molecule has 1 atom stereocenters. The van der Waals surface area contributed by atoms with Gasteiger partial charge in [0.05, 0.1) is 19.8 Å². The summed E-state index contributed by atoms with van der Waals surface area (Å²) >= 11 is 0. The topological polar surface area (TPSA) is 91.6 Å². The van der Waals surface area contributed by atoms with Crippen LogP contribution in [0.2, 0.25) is 0 Å². The van der Waals surface area contributed by atoms with Crippen LogP contribution in [0.4, 0.5) is 17.6 Å². The highest BCUT2D eigenvalue weighted by Gasteiger charge is 2.62. The van der Waals surface area contributed by atoms with E-state index in [0.29, 0.717) is 44.2 Å². The predicted molar refractivity (Wildman–Crippen MR) is 104 cm³/mol. The van der Waals surface area contributed by atoms with E-state index in [9.17, 15) is 22.7 Å². The van der Waals surface area contributed by atoms with Crippen LogP contribution in [0.1, 0.15) is 31.2 Å². The standard InChI is InChI=1S/C21H29F4NO6/c22-17-11-16(4-3-15(17)10-18(27)28)31-9-1-2-14-5-7-26(8-6-14)19(29)32-20(12-30-13-20)21(23,24)25/h3-4,11,14,18-19,27-29H,1-2,5-10,12-13H2. The minimum absolute atomic E-state index is 0.191. The Kier molecular flexibility index (Phi) is 8.34. The lowest BCUT2D eigenvalue weighted by Gasteiger charge is -2.45. The first-order chi connectivity index (χ1) is 15.1. The van der Waals surface area contributed by atoms with E-state index in [2.05, 4.69) is 4.74 Å². The molecule has 2 aliphatic heterocycles. The van der Waals surface area contributed by atoms with Crippen molar-refractivity contribution in [3.8, 4) is 5.75 Å². The van der Waals surface area contributed by atoms with Crippen molar-refractivity contribution in [3.05, 3.63) is 29.6 Å². The fraction of sp³-hybridized carbons (Fsp3) is 0.714. The average Bonchev–Trinajstić information content (AvgIpc) is 2.69. The zero-order valence-electron chi connectivity index (χ0n) is 17.6.